The zero-order chi connectivity index (χ0) is 10.6. The molecule has 4 heteroatoms. The standard InChI is InChI=1S/C10H14N2O2/c1-10(11-2,7-9(13)14)8-3-5-12-6-4-8/h3-6,11H,7H2,1-2H3,(H,13,14). The molecule has 14 heavy (non-hydrogen) atoms. The van der Waals surface area contributed by atoms with Crippen LogP contribution in [0.1, 0.15) is 18.9 Å². The molecular weight excluding hydrogens is 180 g/mol. The predicted molar refractivity (Wildman–Crippen MR) is 52.9 cm³/mol. The van der Waals surface area contributed by atoms with E-state index in [0.717, 1.165) is 5.56 Å². The average Bonchev–Trinajstić information content (AvgIpc) is 2.18. The second-order valence-corrected chi connectivity index (χ2v) is 3.39. The molecule has 4 nitrogen and oxygen atoms in total. The minimum absolute atomic E-state index is 0.0491. The van der Waals surface area contributed by atoms with Gasteiger partial charge in [0.2, 0.25) is 0 Å². The monoisotopic (exact) mass is 194 g/mol. The van der Waals surface area contributed by atoms with Gasteiger partial charge in [-0.05, 0) is 31.7 Å². The van der Waals surface area contributed by atoms with Crippen LogP contribution in [-0.4, -0.2) is 23.1 Å². The fourth-order valence-corrected chi connectivity index (χ4v) is 1.36. The maximum atomic E-state index is 10.7. The van der Waals surface area contributed by atoms with E-state index < -0.39 is 11.5 Å². The van der Waals surface area contributed by atoms with Gasteiger partial charge < -0.3 is 10.4 Å². The van der Waals surface area contributed by atoms with Crippen molar-refractivity contribution in [3.63, 3.8) is 0 Å². The summed E-state index contributed by atoms with van der Waals surface area (Å²) in [5.41, 5.74) is 0.395. The number of hydrogen-bond acceptors (Lipinski definition) is 3. The Kier molecular flexibility index (Phi) is 3.19. The second-order valence-electron chi connectivity index (χ2n) is 3.39. The SMILES string of the molecule is CNC(C)(CC(=O)O)c1ccncc1. The summed E-state index contributed by atoms with van der Waals surface area (Å²) >= 11 is 0. The first kappa shape index (κ1) is 10.7. The molecule has 0 amide bonds. The van der Waals surface area contributed by atoms with Crippen LogP contribution in [0.25, 0.3) is 0 Å². The summed E-state index contributed by atoms with van der Waals surface area (Å²) in [5.74, 6) is -0.821. The molecule has 1 atom stereocenters. The summed E-state index contributed by atoms with van der Waals surface area (Å²) in [6.45, 7) is 1.86. The van der Waals surface area contributed by atoms with Gasteiger partial charge in [-0.25, -0.2) is 0 Å². The van der Waals surface area contributed by atoms with Crippen LogP contribution in [-0.2, 0) is 10.3 Å². The molecule has 0 bridgehead atoms. The van der Waals surface area contributed by atoms with Gasteiger partial charge in [0.25, 0.3) is 0 Å². The summed E-state index contributed by atoms with van der Waals surface area (Å²) in [7, 11) is 1.75. The van der Waals surface area contributed by atoms with Crippen molar-refractivity contribution in [3.8, 4) is 0 Å². The molecule has 0 aliphatic rings. The van der Waals surface area contributed by atoms with E-state index >= 15 is 0 Å². The van der Waals surface area contributed by atoms with Gasteiger partial charge in [0.1, 0.15) is 0 Å². The Balaban J connectivity index is 2.95. The predicted octanol–water partition coefficient (Wildman–Crippen LogP) is 0.991. The van der Waals surface area contributed by atoms with Gasteiger partial charge in [-0.3, -0.25) is 9.78 Å². The zero-order valence-corrected chi connectivity index (χ0v) is 8.32. The summed E-state index contributed by atoms with van der Waals surface area (Å²) in [6.07, 6.45) is 3.37. The molecule has 1 heterocycles. The highest BCUT2D eigenvalue weighted by atomic mass is 16.4. The minimum atomic E-state index is -0.821. The van der Waals surface area contributed by atoms with Gasteiger partial charge in [0, 0.05) is 12.4 Å². The number of carbonyl (C=O) groups is 1. The molecular formula is C10H14N2O2. The molecule has 0 fully saturated rings. The first-order valence-corrected chi connectivity index (χ1v) is 4.40. The molecule has 0 saturated heterocycles. The first-order chi connectivity index (χ1) is 6.58. The molecule has 1 rings (SSSR count). The average molecular weight is 194 g/mol. The molecule has 1 unspecified atom stereocenters. The first-order valence-electron chi connectivity index (χ1n) is 4.40. The lowest BCUT2D eigenvalue weighted by molar-refractivity contribution is -0.138. The van der Waals surface area contributed by atoms with Crippen molar-refractivity contribution in [2.45, 2.75) is 18.9 Å². The molecule has 0 aliphatic heterocycles. The van der Waals surface area contributed by atoms with E-state index in [-0.39, 0.29) is 6.42 Å². The molecule has 1 aromatic heterocycles. The fourth-order valence-electron chi connectivity index (χ4n) is 1.36. The number of rotatable bonds is 4. The van der Waals surface area contributed by atoms with E-state index in [1.807, 2.05) is 19.1 Å². The van der Waals surface area contributed by atoms with Crippen molar-refractivity contribution < 1.29 is 9.90 Å². The molecule has 76 valence electrons. The number of carboxylic acid groups (broad SMARTS) is 1. The van der Waals surface area contributed by atoms with Gasteiger partial charge in [-0.1, -0.05) is 0 Å². The van der Waals surface area contributed by atoms with Crippen molar-refractivity contribution in [2.24, 2.45) is 0 Å². The lowest BCUT2D eigenvalue weighted by Crippen LogP contribution is -2.38. The highest BCUT2D eigenvalue weighted by molar-refractivity contribution is 5.68. The number of hydrogen-bond donors (Lipinski definition) is 2. The number of aromatic nitrogens is 1. The Labute approximate surface area is 83.0 Å². The van der Waals surface area contributed by atoms with Crippen molar-refractivity contribution in [1.29, 1.82) is 0 Å². The number of pyridine rings is 1. The molecule has 0 saturated carbocycles. The minimum Gasteiger partial charge on any atom is -0.481 e. The highest BCUT2D eigenvalue weighted by Crippen LogP contribution is 2.23. The van der Waals surface area contributed by atoms with Gasteiger partial charge in [-0.2, -0.15) is 0 Å². The van der Waals surface area contributed by atoms with Crippen LogP contribution in [0.4, 0.5) is 0 Å². The van der Waals surface area contributed by atoms with E-state index in [0.29, 0.717) is 0 Å². The van der Waals surface area contributed by atoms with Crippen molar-refractivity contribution >= 4 is 5.97 Å². The molecule has 2 N–H and O–H groups in total. The van der Waals surface area contributed by atoms with Gasteiger partial charge in [0.05, 0.1) is 12.0 Å². The van der Waals surface area contributed by atoms with Crippen LogP contribution in [0.3, 0.4) is 0 Å². The van der Waals surface area contributed by atoms with Gasteiger partial charge in [0.15, 0.2) is 0 Å². The zero-order valence-electron chi connectivity index (χ0n) is 8.32. The number of nitrogens with one attached hydrogen (secondary N) is 1. The van der Waals surface area contributed by atoms with E-state index in [2.05, 4.69) is 10.3 Å². The summed E-state index contributed by atoms with van der Waals surface area (Å²) < 4.78 is 0. The van der Waals surface area contributed by atoms with Crippen LogP contribution >= 0.6 is 0 Å². The van der Waals surface area contributed by atoms with Gasteiger partial charge in [-0.15, -0.1) is 0 Å². The van der Waals surface area contributed by atoms with E-state index in [9.17, 15) is 4.79 Å². The Hall–Kier alpha value is -1.42. The Morgan fingerprint density at radius 2 is 2.14 bits per heavy atom. The van der Waals surface area contributed by atoms with Crippen LogP contribution in [0.5, 0.6) is 0 Å². The second kappa shape index (κ2) is 4.19. The van der Waals surface area contributed by atoms with Crippen molar-refractivity contribution in [2.75, 3.05) is 7.05 Å². The topological polar surface area (TPSA) is 62.2 Å². The van der Waals surface area contributed by atoms with Crippen molar-refractivity contribution in [3.05, 3.63) is 30.1 Å². The normalized spacial score (nSPS) is 14.7. The highest BCUT2D eigenvalue weighted by Gasteiger charge is 2.27. The quantitative estimate of drug-likeness (QED) is 0.750. The van der Waals surface area contributed by atoms with E-state index in [1.165, 1.54) is 0 Å². The Morgan fingerprint density at radius 1 is 1.57 bits per heavy atom. The van der Waals surface area contributed by atoms with Gasteiger partial charge >= 0.3 is 5.97 Å². The van der Waals surface area contributed by atoms with Crippen LogP contribution in [0.15, 0.2) is 24.5 Å². The molecule has 0 aliphatic carbocycles. The summed E-state index contributed by atoms with van der Waals surface area (Å²) in [5, 5.41) is 11.8. The lowest BCUT2D eigenvalue weighted by Gasteiger charge is -2.27. The number of carboxylic acids is 1. The fraction of sp³-hybridized carbons (Fsp3) is 0.400. The van der Waals surface area contributed by atoms with Crippen LogP contribution in [0, 0.1) is 0 Å². The summed E-state index contributed by atoms with van der Waals surface area (Å²) in [6, 6.07) is 3.64. The Morgan fingerprint density at radius 3 is 2.57 bits per heavy atom. The molecule has 1 aromatic rings. The number of aliphatic carboxylic acids is 1. The van der Waals surface area contributed by atoms with E-state index in [1.54, 1.807) is 19.4 Å². The third-order valence-corrected chi connectivity index (χ3v) is 2.37. The molecule has 0 spiro atoms. The maximum Gasteiger partial charge on any atom is 0.305 e. The summed E-state index contributed by atoms with van der Waals surface area (Å²) in [4.78, 5) is 14.6. The Bertz CT molecular complexity index is 313. The van der Waals surface area contributed by atoms with Crippen molar-refractivity contribution in [1.82, 2.24) is 10.3 Å². The largest absolute Gasteiger partial charge is 0.481 e. The van der Waals surface area contributed by atoms with Crippen LogP contribution in [0.2, 0.25) is 0 Å². The molecule has 0 aromatic carbocycles. The third-order valence-electron chi connectivity index (χ3n) is 2.37. The molecule has 0 radical (unpaired) electrons. The lowest BCUT2D eigenvalue weighted by atomic mass is 9.89. The smallest absolute Gasteiger partial charge is 0.305 e. The maximum absolute atomic E-state index is 10.7. The number of nitrogens with zero attached hydrogens (tertiary/aromatic N) is 1. The third kappa shape index (κ3) is 2.29. The van der Waals surface area contributed by atoms with Crippen LogP contribution < -0.4 is 5.32 Å². The van der Waals surface area contributed by atoms with E-state index in [4.69, 9.17) is 5.11 Å².